The molecule has 1 heterocycles. The van der Waals surface area contributed by atoms with Crippen LogP contribution in [0.15, 0.2) is 42.5 Å². The van der Waals surface area contributed by atoms with E-state index >= 15 is 0 Å². The average Bonchev–Trinajstić information content (AvgIpc) is 3.77. The second kappa shape index (κ2) is 12.8. The van der Waals surface area contributed by atoms with Gasteiger partial charge in [-0.1, -0.05) is 55.2 Å². The first-order valence-electron chi connectivity index (χ1n) is 15.3. The maximum Gasteiger partial charge on any atom is 0.303 e. The number of rotatable bonds is 10. The molecule has 8 heteroatoms. The van der Waals surface area contributed by atoms with E-state index < -0.39 is 11.0 Å². The Bertz CT molecular complexity index is 1300. The molecule has 0 unspecified atom stereocenters. The highest BCUT2D eigenvalue weighted by atomic mass is 35.5. The van der Waals surface area contributed by atoms with Crippen LogP contribution < -0.4 is 4.74 Å². The normalized spacial score (nSPS) is 26.0. The third-order valence-electron chi connectivity index (χ3n) is 9.51. The van der Waals surface area contributed by atoms with Gasteiger partial charge in [-0.3, -0.25) is 14.5 Å². The van der Waals surface area contributed by atoms with E-state index in [1.165, 1.54) is 19.8 Å². The average molecular weight is 616 g/mol. The van der Waals surface area contributed by atoms with Crippen molar-refractivity contribution in [2.24, 2.45) is 11.8 Å². The molecule has 0 spiro atoms. The summed E-state index contributed by atoms with van der Waals surface area (Å²) in [5.74, 6) is 1.68. The second-order valence-corrected chi connectivity index (χ2v) is 13.9. The molecule has 0 bridgehead atoms. The SMILES string of the molecule is COc1cccc([C@@]23CCN(CC4CC4)C[C@@]2(OC(C)=O)CC[C@@H](N(CC(C)C)C(=O)Cc2ccc(Cl)c(Cl)c2)C3)c1. The lowest BCUT2D eigenvalue weighted by Gasteiger charge is -2.60. The van der Waals surface area contributed by atoms with Crippen LogP contribution in [0, 0.1) is 11.8 Å². The highest BCUT2D eigenvalue weighted by Gasteiger charge is 2.61. The molecule has 1 amide bonds. The summed E-state index contributed by atoms with van der Waals surface area (Å²) in [6, 6.07) is 13.7. The van der Waals surface area contributed by atoms with Crippen LogP contribution in [0.1, 0.15) is 70.4 Å². The zero-order valence-electron chi connectivity index (χ0n) is 25.3. The second-order valence-electron chi connectivity index (χ2n) is 13.1. The van der Waals surface area contributed by atoms with Gasteiger partial charge in [0, 0.05) is 38.0 Å². The van der Waals surface area contributed by atoms with Crippen molar-refractivity contribution in [3.8, 4) is 5.75 Å². The number of benzene rings is 2. The number of fused-ring (bicyclic) bond motifs is 1. The highest BCUT2D eigenvalue weighted by molar-refractivity contribution is 6.42. The Morgan fingerprint density at radius 1 is 1.07 bits per heavy atom. The summed E-state index contributed by atoms with van der Waals surface area (Å²) in [4.78, 5) is 31.4. The summed E-state index contributed by atoms with van der Waals surface area (Å²) >= 11 is 12.4. The fourth-order valence-corrected chi connectivity index (χ4v) is 7.76. The van der Waals surface area contributed by atoms with Gasteiger partial charge in [0.2, 0.25) is 5.91 Å². The van der Waals surface area contributed by atoms with Crippen LogP contribution in [-0.4, -0.2) is 66.6 Å². The molecule has 1 aliphatic heterocycles. The summed E-state index contributed by atoms with van der Waals surface area (Å²) in [5, 5.41) is 0.936. The molecule has 1 saturated heterocycles. The van der Waals surface area contributed by atoms with Gasteiger partial charge in [0.05, 0.1) is 23.6 Å². The zero-order chi connectivity index (χ0) is 30.1. The monoisotopic (exact) mass is 614 g/mol. The molecule has 2 aliphatic carbocycles. The summed E-state index contributed by atoms with van der Waals surface area (Å²) in [6.07, 6.45) is 5.88. The van der Waals surface area contributed by atoms with Gasteiger partial charge in [0.25, 0.3) is 0 Å². The predicted molar refractivity (Wildman–Crippen MR) is 167 cm³/mol. The molecule has 6 nitrogen and oxygen atoms in total. The number of ether oxygens (including phenoxy) is 2. The molecule has 3 aliphatic rings. The molecule has 0 aromatic heterocycles. The lowest BCUT2D eigenvalue weighted by Crippen LogP contribution is -2.69. The maximum atomic E-state index is 14.0. The lowest BCUT2D eigenvalue weighted by atomic mass is 9.54. The number of amides is 1. The summed E-state index contributed by atoms with van der Waals surface area (Å²) in [7, 11) is 1.68. The van der Waals surface area contributed by atoms with E-state index in [1.54, 1.807) is 19.2 Å². The number of hydrogen-bond donors (Lipinski definition) is 0. The van der Waals surface area contributed by atoms with Crippen molar-refractivity contribution in [2.75, 3.05) is 33.3 Å². The van der Waals surface area contributed by atoms with Gasteiger partial charge in [0.1, 0.15) is 11.4 Å². The van der Waals surface area contributed by atoms with Crippen molar-refractivity contribution in [1.82, 2.24) is 9.80 Å². The van der Waals surface area contributed by atoms with Gasteiger partial charge < -0.3 is 14.4 Å². The molecule has 2 aromatic rings. The largest absolute Gasteiger partial charge is 0.497 e. The van der Waals surface area contributed by atoms with Crippen LogP contribution in [0.4, 0.5) is 0 Å². The predicted octanol–water partition coefficient (Wildman–Crippen LogP) is 6.94. The molecule has 3 fully saturated rings. The van der Waals surface area contributed by atoms with Crippen molar-refractivity contribution in [3.63, 3.8) is 0 Å². The van der Waals surface area contributed by atoms with Crippen LogP contribution in [0.2, 0.25) is 10.0 Å². The van der Waals surface area contributed by atoms with E-state index in [0.717, 1.165) is 55.1 Å². The van der Waals surface area contributed by atoms with E-state index in [0.29, 0.717) is 35.5 Å². The third-order valence-corrected chi connectivity index (χ3v) is 10.2. The maximum absolute atomic E-state index is 14.0. The Morgan fingerprint density at radius 3 is 2.52 bits per heavy atom. The van der Waals surface area contributed by atoms with Gasteiger partial charge in [0.15, 0.2) is 0 Å². The van der Waals surface area contributed by atoms with E-state index in [2.05, 4.69) is 35.8 Å². The van der Waals surface area contributed by atoms with Crippen molar-refractivity contribution in [3.05, 3.63) is 63.6 Å². The number of methoxy groups -OCH3 is 1. The van der Waals surface area contributed by atoms with Crippen LogP contribution in [-0.2, 0) is 26.2 Å². The molecule has 3 atom stereocenters. The molecular formula is C34H44Cl2N2O4. The fourth-order valence-electron chi connectivity index (χ4n) is 7.44. The molecular weight excluding hydrogens is 571 g/mol. The Labute approximate surface area is 260 Å². The van der Waals surface area contributed by atoms with Crippen molar-refractivity contribution in [2.45, 2.75) is 82.8 Å². The quantitative estimate of drug-likeness (QED) is 0.271. The molecule has 2 aromatic carbocycles. The summed E-state index contributed by atoms with van der Waals surface area (Å²) < 4.78 is 12.1. The number of carbonyl (C=O) groups excluding carboxylic acids is 2. The van der Waals surface area contributed by atoms with Crippen molar-refractivity contribution in [1.29, 1.82) is 0 Å². The van der Waals surface area contributed by atoms with Gasteiger partial charge in [-0.15, -0.1) is 0 Å². The molecule has 0 radical (unpaired) electrons. The minimum absolute atomic E-state index is 0.00698. The third kappa shape index (κ3) is 6.61. The lowest BCUT2D eigenvalue weighted by molar-refractivity contribution is -0.190. The Hall–Kier alpha value is -2.28. The number of piperidine rings is 1. The number of carbonyl (C=O) groups is 2. The minimum atomic E-state index is -0.676. The van der Waals surface area contributed by atoms with Crippen molar-refractivity contribution < 1.29 is 19.1 Å². The number of nitrogens with zero attached hydrogens (tertiary/aromatic N) is 2. The standard InChI is InChI=1S/C34H44Cl2N2O4/c1-23(2)20-38(32(40)17-26-10-11-30(35)31(36)16-26)28-12-13-34(42-24(3)39)22-37(21-25-8-9-25)15-14-33(34,19-28)27-6-5-7-29(18-27)41-4/h5-7,10-11,16,18,23,25,28H,8-9,12-15,17,19-22H2,1-4H3/t28-,33+,34+/m1/s1. The van der Waals surface area contributed by atoms with Crippen LogP contribution in [0.25, 0.3) is 0 Å². The van der Waals surface area contributed by atoms with E-state index in [-0.39, 0.29) is 24.3 Å². The highest BCUT2D eigenvalue weighted by Crippen LogP contribution is 2.55. The molecule has 0 N–H and O–H groups in total. The van der Waals surface area contributed by atoms with Gasteiger partial charge >= 0.3 is 5.97 Å². The van der Waals surface area contributed by atoms with Crippen molar-refractivity contribution >= 4 is 35.1 Å². The van der Waals surface area contributed by atoms with E-state index in [4.69, 9.17) is 32.7 Å². The number of hydrogen-bond acceptors (Lipinski definition) is 5. The van der Waals surface area contributed by atoms with Gasteiger partial charge in [-0.2, -0.15) is 0 Å². The molecule has 5 rings (SSSR count). The minimum Gasteiger partial charge on any atom is -0.497 e. The Morgan fingerprint density at radius 2 is 1.86 bits per heavy atom. The number of likely N-dealkylation sites (tertiary alicyclic amines) is 1. The fraction of sp³-hybridized carbons (Fsp3) is 0.588. The van der Waals surface area contributed by atoms with E-state index in [9.17, 15) is 9.59 Å². The first-order valence-corrected chi connectivity index (χ1v) is 16.1. The summed E-state index contributed by atoms with van der Waals surface area (Å²) in [6.45, 7) is 9.21. The topological polar surface area (TPSA) is 59.1 Å². The molecule has 2 saturated carbocycles. The van der Waals surface area contributed by atoms with E-state index in [1.807, 2.05) is 18.2 Å². The number of esters is 1. The molecule has 42 heavy (non-hydrogen) atoms. The zero-order valence-corrected chi connectivity index (χ0v) is 26.8. The van der Waals surface area contributed by atoms with Crippen LogP contribution >= 0.6 is 23.2 Å². The summed E-state index contributed by atoms with van der Waals surface area (Å²) in [5.41, 5.74) is 0.852. The van der Waals surface area contributed by atoms with Gasteiger partial charge in [-0.25, -0.2) is 0 Å². The van der Waals surface area contributed by atoms with Gasteiger partial charge in [-0.05, 0) is 92.3 Å². The number of halogens is 2. The van der Waals surface area contributed by atoms with Crippen LogP contribution in [0.3, 0.4) is 0 Å². The first-order chi connectivity index (χ1) is 20.0. The Balaban J connectivity index is 1.52. The van der Waals surface area contributed by atoms with Crippen LogP contribution in [0.5, 0.6) is 5.75 Å². The molecule has 228 valence electrons. The first kappa shape index (κ1) is 31.2. The Kier molecular flexibility index (Phi) is 9.46. The smallest absolute Gasteiger partial charge is 0.303 e.